The standard InChI is InChI=1S/C33H42N10O6/c34-22(14-18-16-39-23-8-3-1-6-20(18)23)29(45)41-25(11-12-28(35)44)30(46)43-27(15-19-17-40-24-9-4-2-7-21(19)24)31(47)42-26(32(48)49)10-5-13-38-33(36)37/h1-4,6-9,16-17,22,25-27,39-40H,5,10-15,34H2,(H2,35,44)(H,41,45)(H,42,47)(H,43,46)(H,48,49)(H4,36,37,38)/t22-,25-,26-,27-/m0/s1. The molecule has 4 amide bonds. The number of nitrogens with zero attached hydrogens (tertiary/aromatic N) is 1. The Hall–Kier alpha value is -5.90. The number of amides is 4. The molecule has 2 heterocycles. The van der Waals surface area contributed by atoms with Gasteiger partial charge in [0.2, 0.25) is 23.6 Å². The molecule has 4 rings (SSSR count). The highest BCUT2D eigenvalue weighted by Crippen LogP contribution is 2.20. The molecular formula is C33H42N10O6. The smallest absolute Gasteiger partial charge is 0.326 e. The van der Waals surface area contributed by atoms with Crippen LogP contribution >= 0.6 is 0 Å². The highest BCUT2D eigenvalue weighted by atomic mass is 16.4. The van der Waals surface area contributed by atoms with Crippen LogP contribution in [0.25, 0.3) is 21.8 Å². The molecule has 49 heavy (non-hydrogen) atoms. The number of primary amides is 1. The summed E-state index contributed by atoms with van der Waals surface area (Å²) in [6, 6.07) is 9.94. The molecule has 0 fully saturated rings. The Bertz CT molecular complexity index is 1830. The number of aromatic amines is 2. The van der Waals surface area contributed by atoms with Gasteiger partial charge in [0.15, 0.2) is 5.96 Å². The SMILES string of the molecule is NC(=O)CC[C@H](NC(=O)[C@@H](N)Cc1c[nH]c2ccccc12)C(=O)N[C@@H](Cc1c[nH]c2ccccc12)C(=O)N[C@@H](CCCN=C(N)N)C(=O)O. The van der Waals surface area contributed by atoms with Gasteiger partial charge in [0.05, 0.1) is 6.04 Å². The third-order valence-electron chi connectivity index (χ3n) is 8.06. The third kappa shape index (κ3) is 10.0. The molecule has 16 nitrogen and oxygen atoms in total. The normalized spacial score (nSPS) is 13.6. The van der Waals surface area contributed by atoms with Crippen molar-refractivity contribution >= 4 is 57.4 Å². The summed E-state index contributed by atoms with van der Waals surface area (Å²) in [7, 11) is 0. The Morgan fingerprint density at radius 2 is 1.24 bits per heavy atom. The molecule has 14 N–H and O–H groups in total. The number of aliphatic carboxylic acids is 1. The van der Waals surface area contributed by atoms with E-state index < -0.39 is 53.8 Å². The number of aliphatic imine (C=N–C) groups is 1. The van der Waals surface area contributed by atoms with Gasteiger partial charge < -0.3 is 54.0 Å². The van der Waals surface area contributed by atoms with Crippen molar-refractivity contribution in [1.29, 1.82) is 0 Å². The van der Waals surface area contributed by atoms with Gasteiger partial charge >= 0.3 is 5.97 Å². The number of aromatic nitrogens is 2. The van der Waals surface area contributed by atoms with Crippen LogP contribution in [0.2, 0.25) is 0 Å². The topological polar surface area (TPSA) is 290 Å². The van der Waals surface area contributed by atoms with Crippen LogP contribution in [0.4, 0.5) is 0 Å². The zero-order valence-corrected chi connectivity index (χ0v) is 26.8. The van der Waals surface area contributed by atoms with Crippen LogP contribution < -0.4 is 38.9 Å². The fraction of sp³-hybridized carbons (Fsp3) is 0.333. The Morgan fingerprint density at radius 3 is 1.82 bits per heavy atom. The highest BCUT2D eigenvalue weighted by molar-refractivity contribution is 5.95. The molecule has 0 aliphatic rings. The Balaban J connectivity index is 1.53. The number of hydrogen-bond donors (Lipinski definition) is 10. The number of carbonyl (C=O) groups excluding carboxylic acids is 4. The number of carboxylic acids is 1. The van der Waals surface area contributed by atoms with E-state index in [-0.39, 0.29) is 51.0 Å². The number of benzene rings is 2. The quantitative estimate of drug-likeness (QED) is 0.0373. The van der Waals surface area contributed by atoms with E-state index in [9.17, 15) is 29.1 Å². The van der Waals surface area contributed by atoms with E-state index in [1.54, 1.807) is 12.4 Å². The van der Waals surface area contributed by atoms with Crippen molar-refractivity contribution in [1.82, 2.24) is 25.9 Å². The van der Waals surface area contributed by atoms with Crippen LogP contribution in [-0.4, -0.2) is 81.3 Å². The van der Waals surface area contributed by atoms with Gasteiger partial charge in [0.1, 0.15) is 18.1 Å². The van der Waals surface area contributed by atoms with Gasteiger partial charge in [-0.3, -0.25) is 24.2 Å². The van der Waals surface area contributed by atoms with E-state index in [0.717, 1.165) is 27.4 Å². The molecule has 4 atom stereocenters. The Kier molecular flexibility index (Phi) is 12.3. The molecule has 0 saturated carbocycles. The average Bonchev–Trinajstić information content (AvgIpc) is 3.67. The predicted molar refractivity (Wildman–Crippen MR) is 184 cm³/mol. The first-order valence-corrected chi connectivity index (χ1v) is 15.8. The second-order valence-corrected chi connectivity index (χ2v) is 11.7. The first-order valence-electron chi connectivity index (χ1n) is 15.8. The predicted octanol–water partition coefficient (Wildman–Crippen LogP) is -0.380. The lowest BCUT2D eigenvalue weighted by atomic mass is 10.0. The number of carbonyl (C=O) groups is 5. The molecule has 0 aliphatic heterocycles. The lowest BCUT2D eigenvalue weighted by Gasteiger charge is -2.25. The number of carboxylic acid groups (broad SMARTS) is 1. The molecule has 0 spiro atoms. The second kappa shape index (κ2) is 16.8. The molecule has 4 aromatic rings. The number of nitrogens with one attached hydrogen (secondary N) is 5. The summed E-state index contributed by atoms with van der Waals surface area (Å²) < 4.78 is 0. The molecular weight excluding hydrogens is 632 g/mol. The molecule has 2 aromatic carbocycles. The van der Waals surface area contributed by atoms with Gasteiger partial charge in [-0.15, -0.1) is 0 Å². The lowest BCUT2D eigenvalue weighted by Crippen LogP contribution is -2.57. The Morgan fingerprint density at radius 1 is 0.714 bits per heavy atom. The summed E-state index contributed by atoms with van der Waals surface area (Å²) in [5.74, 6) is -4.34. The van der Waals surface area contributed by atoms with E-state index in [0.29, 0.717) is 5.56 Å². The maximum absolute atomic E-state index is 13.7. The van der Waals surface area contributed by atoms with Crippen LogP contribution in [0.1, 0.15) is 36.8 Å². The van der Waals surface area contributed by atoms with Crippen molar-refractivity contribution in [2.45, 2.75) is 62.7 Å². The van der Waals surface area contributed by atoms with Gasteiger partial charge in [0, 0.05) is 53.6 Å². The van der Waals surface area contributed by atoms with Crippen molar-refractivity contribution in [2.75, 3.05) is 6.54 Å². The molecule has 2 aromatic heterocycles. The number of nitrogens with two attached hydrogens (primary N) is 4. The summed E-state index contributed by atoms with van der Waals surface area (Å²) in [6.45, 7) is 0.154. The summed E-state index contributed by atoms with van der Waals surface area (Å²) in [5.41, 5.74) is 25.4. The number of hydrogen-bond acceptors (Lipinski definition) is 7. The zero-order valence-electron chi connectivity index (χ0n) is 26.8. The van der Waals surface area contributed by atoms with Crippen molar-refractivity contribution in [2.24, 2.45) is 27.9 Å². The molecule has 0 aliphatic carbocycles. The van der Waals surface area contributed by atoms with Gasteiger partial charge in [-0.25, -0.2) is 4.79 Å². The molecule has 0 bridgehead atoms. The minimum absolute atomic E-state index is 0.0111. The fourth-order valence-electron chi connectivity index (χ4n) is 5.50. The van der Waals surface area contributed by atoms with Crippen LogP contribution in [0.5, 0.6) is 0 Å². The Labute approximate surface area is 281 Å². The molecule has 0 saturated heterocycles. The van der Waals surface area contributed by atoms with Crippen LogP contribution in [0.15, 0.2) is 65.9 Å². The number of guanidine groups is 1. The molecule has 260 valence electrons. The summed E-state index contributed by atoms with van der Waals surface area (Å²) in [6.07, 6.45) is 3.43. The van der Waals surface area contributed by atoms with Crippen LogP contribution in [-0.2, 0) is 36.8 Å². The minimum atomic E-state index is -1.31. The van der Waals surface area contributed by atoms with E-state index >= 15 is 0 Å². The summed E-state index contributed by atoms with van der Waals surface area (Å²) in [4.78, 5) is 74.4. The average molecular weight is 675 g/mol. The molecule has 16 heteroatoms. The van der Waals surface area contributed by atoms with Gasteiger partial charge in [0.25, 0.3) is 0 Å². The third-order valence-corrected chi connectivity index (χ3v) is 8.06. The van der Waals surface area contributed by atoms with E-state index in [1.165, 1.54) is 0 Å². The second-order valence-electron chi connectivity index (χ2n) is 11.7. The number of para-hydroxylation sites is 2. The van der Waals surface area contributed by atoms with Crippen molar-refractivity contribution in [3.63, 3.8) is 0 Å². The van der Waals surface area contributed by atoms with Gasteiger partial charge in [-0.2, -0.15) is 0 Å². The monoisotopic (exact) mass is 674 g/mol. The number of rotatable bonds is 18. The van der Waals surface area contributed by atoms with Crippen molar-refractivity contribution in [3.05, 3.63) is 72.1 Å². The first-order chi connectivity index (χ1) is 23.4. The molecule has 0 unspecified atom stereocenters. The summed E-state index contributed by atoms with van der Waals surface area (Å²) in [5, 5.41) is 19.3. The van der Waals surface area contributed by atoms with E-state index in [1.807, 2.05) is 48.5 Å². The number of H-pyrrole nitrogens is 2. The molecule has 0 radical (unpaired) electrons. The maximum Gasteiger partial charge on any atom is 0.326 e. The minimum Gasteiger partial charge on any atom is -0.480 e. The van der Waals surface area contributed by atoms with E-state index in [2.05, 4.69) is 30.9 Å². The maximum atomic E-state index is 13.7. The van der Waals surface area contributed by atoms with Gasteiger partial charge in [-0.1, -0.05) is 36.4 Å². The van der Waals surface area contributed by atoms with Gasteiger partial charge in [-0.05, 0) is 48.9 Å². The van der Waals surface area contributed by atoms with E-state index in [4.69, 9.17) is 22.9 Å². The largest absolute Gasteiger partial charge is 0.480 e. The number of fused-ring (bicyclic) bond motifs is 2. The summed E-state index contributed by atoms with van der Waals surface area (Å²) >= 11 is 0. The van der Waals surface area contributed by atoms with Crippen molar-refractivity contribution < 1.29 is 29.1 Å². The van der Waals surface area contributed by atoms with Crippen LogP contribution in [0, 0.1) is 0 Å². The first kappa shape index (κ1) is 35.9. The highest BCUT2D eigenvalue weighted by Gasteiger charge is 2.31. The lowest BCUT2D eigenvalue weighted by molar-refractivity contribution is -0.142. The van der Waals surface area contributed by atoms with Crippen molar-refractivity contribution in [3.8, 4) is 0 Å². The zero-order chi connectivity index (χ0) is 35.5. The fourth-order valence-corrected chi connectivity index (χ4v) is 5.50. The van der Waals surface area contributed by atoms with Crippen LogP contribution in [0.3, 0.4) is 0 Å².